The van der Waals surface area contributed by atoms with Gasteiger partial charge in [0.05, 0.1) is 0 Å². The molecule has 3 heteroatoms. The Hall–Kier alpha value is -1.35. The Balaban J connectivity index is 2.16. The molecule has 3 nitrogen and oxygen atoms in total. The molecular formula is C15H21NO2. The minimum Gasteiger partial charge on any atom is -0.480 e. The summed E-state index contributed by atoms with van der Waals surface area (Å²) in [5, 5.41) is 12.8. The number of nitrogens with one attached hydrogen (secondary N) is 1. The van der Waals surface area contributed by atoms with Gasteiger partial charge in [-0.25, -0.2) is 4.79 Å². The molecule has 1 fully saturated rings. The molecule has 0 heterocycles. The third-order valence-electron chi connectivity index (χ3n) is 3.99. The van der Waals surface area contributed by atoms with Gasteiger partial charge in [-0.15, -0.1) is 0 Å². The van der Waals surface area contributed by atoms with Crippen LogP contribution in [0.2, 0.25) is 0 Å². The number of benzene rings is 1. The summed E-state index contributed by atoms with van der Waals surface area (Å²) in [5.41, 5.74) is 0.932. The molecule has 0 saturated heterocycles. The van der Waals surface area contributed by atoms with Crippen molar-refractivity contribution in [3.63, 3.8) is 0 Å². The topological polar surface area (TPSA) is 49.3 Å². The number of rotatable bonds is 5. The van der Waals surface area contributed by atoms with Gasteiger partial charge in [0, 0.05) is 0 Å². The highest BCUT2D eigenvalue weighted by Crippen LogP contribution is 2.28. The van der Waals surface area contributed by atoms with E-state index >= 15 is 0 Å². The summed E-state index contributed by atoms with van der Waals surface area (Å²) in [5.74, 6) is -0.166. The minimum absolute atomic E-state index is 0.647. The van der Waals surface area contributed by atoms with Crippen molar-refractivity contribution in [1.82, 2.24) is 5.32 Å². The van der Waals surface area contributed by atoms with Crippen molar-refractivity contribution in [2.45, 2.75) is 38.6 Å². The Morgan fingerprint density at radius 1 is 1.50 bits per heavy atom. The first-order valence-corrected chi connectivity index (χ1v) is 6.58. The van der Waals surface area contributed by atoms with Crippen LogP contribution in [0.1, 0.15) is 37.3 Å². The van der Waals surface area contributed by atoms with Crippen LogP contribution >= 0.6 is 0 Å². The fourth-order valence-corrected chi connectivity index (χ4v) is 2.30. The summed E-state index contributed by atoms with van der Waals surface area (Å²) in [7, 11) is 0. The first-order valence-electron chi connectivity index (χ1n) is 6.58. The van der Waals surface area contributed by atoms with Crippen LogP contribution in [0.15, 0.2) is 24.3 Å². The lowest BCUT2D eigenvalue weighted by molar-refractivity contribution is -0.144. The molecule has 2 N–H and O–H groups in total. The number of hydrogen-bond donors (Lipinski definition) is 2. The number of aliphatic carboxylic acids is 1. The van der Waals surface area contributed by atoms with Crippen LogP contribution in [0, 0.1) is 12.8 Å². The van der Waals surface area contributed by atoms with E-state index < -0.39 is 11.5 Å². The zero-order valence-corrected chi connectivity index (χ0v) is 11.1. The van der Waals surface area contributed by atoms with Gasteiger partial charge in [0.2, 0.25) is 0 Å². The monoisotopic (exact) mass is 247 g/mol. The summed E-state index contributed by atoms with van der Waals surface area (Å²) in [6.07, 6.45) is 3.72. The van der Waals surface area contributed by atoms with Gasteiger partial charge in [0.25, 0.3) is 0 Å². The zero-order chi connectivity index (χ0) is 13.2. The Labute approximate surface area is 108 Å². The summed E-state index contributed by atoms with van der Waals surface area (Å²) in [4.78, 5) is 11.6. The average Bonchev–Trinajstić information content (AvgIpc) is 2.26. The molecule has 1 aromatic rings. The van der Waals surface area contributed by atoms with Crippen LogP contribution in [0.3, 0.4) is 0 Å². The van der Waals surface area contributed by atoms with E-state index in [4.69, 9.17) is 0 Å². The van der Waals surface area contributed by atoms with Crippen LogP contribution in [-0.4, -0.2) is 17.6 Å². The maximum absolute atomic E-state index is 11.6. The van der Waals surface area contributed by atoms with E-state index in [1.54, 1.807) is 6.92 Å². The molecule has 1 aliphatic carbocycles. The first kappa shape index (κ1) is 13.1. The highest BCUT2D eigenvalue weighted by atomic mass is 16.4. The summed E-state index contributed by atoms with van der Waals surface area (Å²) < 4.78 is 0. The number of carboxylic acids is 1. The van der Waals surface area contributed by atoms with Gasteiger partial charge < -0.3 is 5.11 Å². The fraction of sp³-hybridized carbons (Fsp3) is 0.533. The van der Waals surface area contributed by atoms with Gasteiger partial charge in [-0.2, -0.15) is 0 Å². The van der Waals surface area contributed by atoms with Crippen molar-refractivity contribution in [3.05, 3.63) is 35.4 Å². The molecule has 0 aromatic heterocycles. The fourth-order valence-electron chi connectivity index (χ4n) is 2.30. The second kappa shape index (κ2) is 5.11. The van der Waals surface area contributed by atoms with Crippen LogP contribution < -0.4 is 5.32 Å². The number of carboxylic acid groups (broad SMARTS) is 1. The molecule has 1 unspecified atom stereocenters. The molecule has 0 radical (unpaired) electrons. The van der Waals surface area contributed by atoms with E-state index in [-0.39, 0.29) is 0 Å². The van der Waals surface area contributed by atoms with Gasteiger partial charge in [-0.3, -0.25) is 5.32 Å². The van der Waals surface area contributed by atoms with Gasteiger partial charge in [-0.05, 0) is 44.7 Å². The molecule has 0 amide bonds. The smallest absolute Gasteiger partial charge is 0.328 e. The molecule has 1 aliphatic rings. The van der Waals surface area contributed by atoms with Crippen molar-refractivity contribution < 1.29 is 9.90 Å². The predicted molar refractivity (Wildman–Crippen MR) is 71.5 cm³/mol. The molecule has 0 bridgehead atoms. The van der Waals surface area contributed by atoms with Gasteiger partial charge >= 0.3 is 5.97 Å². The molecule has 1 aromatic carbocycles. The van der Waals surface area contributed by atoms with Crippen LogP contribution in [0.25, 0.3) is 0 Å². The first-order chi connectivity index (χ1) is 8.52. The third-order valence-corrected chi connectivity index (χ3v) is 3.99. The Morgan fingerprint density at radius 3 is 2.72 bits per heavy atom. The van der Waals surface area contributed by atoms with Gasteiger partial charge in [0.15, 0.2) is 0 Å². The lowest BCUT2D eigenvalue weighted by atomic mass is 9.83. The van der Waals surface area contributed by atoms with Gasteiger partial charge in [-0.1, -0.05) is 36.2 Å². The van der Waals surface area contributed by atoms with E-state index in [1.807, 2.05) is 31.2 Å². The van der Waals surface area contributed by atoms with E-state index in [1.165, 1.54) is 19.3 Å². The van der Waals surface area contributed by atoms with E-state index in [0.717, 1.165) is 17.7 Å². The normalized spacial score (nSPS) is 19.0. The van der Waals surface area contributed by atoms with Crippen molar-refractivity contribution >= 4 is 5.97 Å². The van der Waals surface area contributed by atoms with Crippen LogP contribution in [-0.2, 0) is 10.3 Å². The van der Waals surface area contributed by atoms with Crippen molar-refractivity contribution in [3.8, 4) is 0 Å². The Morgan fingerprint density at radius 2 is 2.22 bits per heavy atom. The summed E-state index contributed by atoms with van der Waals surface area (Å²) in [6, 6.07) is 7.73. The predicted octanol–water partition coefficient (Wildman–Crippen LogP) is 2.68. The lowest BCUT2D eigenvalue weighted by Crippen LogP contribution is -2.49. The van der Waals surface area contributed by atoms with E-state index in [0.29, 0.717) is 5.92 Å². The second-order valence-corrected chi connectivity index (χ2v) is 5.48. The molecule has 98 valence electrons. The van der Waals surface area contributed by atoms with Crippen molar-refractivity contribution in [1.29, 1.82) is 0 Å². The molecule has 1 atom stereocenters. The number of hydrogen-bond acceptors (Lipinski definition) is 2. The molecule has 2 rings (SSSR count). The second-order valence-electron chi connectivity index (χ2n) is 5.48. The van der Waals surface area contributed by atoms with Gasteiger partial charge in [0.1, 0.15) is 5.54 Å². The van der Waals surface area contributed by atoms with E-state index in [2.05, 4.69) is 5.32 Å². The largest absolute Gasteiger partial charge is 0.480 e. The molecular weight excluding hydrogens is 226 g/mol. The Bertz CT molecular complexity index is 440. The molecule has 1 saturated carbocycles. The standard InChI is InChI=1S/C15H21NO2/c1-11-5-3-8-13(9-11)15(2,14(17)18)16-10-12-6-4-7-12/h3,5,8-9,12,16H,4,6-7,10H2,1-2H3,(H,17,18). The quantitative estimate of drug-likeness (QED) is 0.841. The zero-order valence-electron chi connectivity index (χ0n) is 11.1. The van der Waals surface area contributed by atoms with Crippen molar-refractivity contribution in [2.75, 3.05) is 6.54 Å². The van der Waals surface area contributed by atoms with Crippen LogP contribution in [0.4, 0.5) is 0 Å². The minimum atomic E-state index is -0.985. The highest BCUT2D eigenvalue weighted by Gasteiger charge is 2.35. The number of carbonyl (C=O) groups is 1. The van der Waals surface area contributed by atoms with E-state index in [9.17, 15) is 9.90 Å². The lowest BCUT2D eigenvalue weighted by Gasteiger charge is -2.32. The summed E-state index contributed by atoms with van der Waals surface area (Å²) >= 11 is 0. The maximum atomic E-state index is 11.6. The summed E-state index contributed by atoms with van der Waals surface area (Å²) in [6.45, 7) is 4.53. The number of aryl methyl sites for hydroxylation is 1. The molecule has 18 heavy (non-hydrogen) atoms. The third kappa shape index (κ3) is 2.56. The van der Waals surface area contributed by atoms with Crippen LogP contribution in [0.5, 0.6) is 0 Å². The maximum Gasteiger partial charge on any atom is 0.328 e. The Kier molecular flexibility index (Phi) is 3.71. The SMILES string of the molecule is Cc1cccc(C(C)(NCC2CCC2)C(=O)O)c1. The molecule has 0 spiro atoms. The van der Waals surface area contributed by atoms with Crippen molar-refractivity contribution in [2.24, 2.45) is 5.92 Å². The molecule has 0 aliphatic heterocycles. The highest BCUT2D eigenvalue weighted by molar-refractivity contribution is 5.80. The average molecular weight is 247 g/mol.